The molecule has 4 rings (SSSR count). The van der Waals surface area contributed by atoms with Crippen LogP contribution >= 0.6 is 11.6 Å². The minimum atomic E-state index is -0.886. The van der Waals surface area contributed by atoms with E-state index in [2.05, 4.69) is 24.4 Å². The van der Waals surface area contributed by atoms with Crippen LogP contribution in [0, 0.1) is 12.8 Å². The van der Waals surface area contributed by atoms with Gasteiger partial charge in [-0.3, -0.25) is 0 Å². The summed E-state index contributed by atoms with van der Waals surface area (Å²) in [6.07, 6.45) is 5.31. The van der Waals surface area contributed by atoms with Crippen molar-refractivity contribution in [3.05, 3.63) is 75.8 Å². The SMILES string of the molecule is Cc1ccc(Cl)c2c1N[C@H](c1ccccc1C(=O)O)[C@H]1CC=C[C@H]21. The summed E-state index contributed by atoms with van der Waals surface area (Å²) < 4.78 is 0. The first kappa shape index (κ1) is 15.3. The first-order chi connectivity index (χ1) is 11.6. The summed E-state index contributed by atoms with van der Waals surface area (Å²) in [6, 6.07) is 11.2. The summed E-state index contributed by atoms with van der Waals surface area (Å²) in [5.41, 5.74) is 4.52. The van der Waals surface area contributed by atoms with E-state index in [1.807, 2.05) is 24.3 Å². The molecule has 122 valence electrons. The predicted molar refractivity (Wildman–Crippen MR) is 95.9 cm³/mol. The Hall–Kier alpha value is -2.26. The van der Waals surface area contributed by atoms with Crippen LogP contribution in [0.2, 0.25) is 5.02 Å². The molecule has 2 aromatic rings. The topological polar surface area (TPSA) is 49.3 Å². The van der Waals surface area contributed by atoms with Crippen molar-refractivity contribution < 1.29 is 9.90 Å². The first-order valence-electron chi connectivity index (χ1n) is 8.12. The molecule has 0 saturated heterocycles. The predicted octanol–water partition coefficient (Wildman–Crippen LogP) is 5.17. The van der Waals surface area contributed by atoms with Gasteiger partial charge in [0.15, 0.2) is 0 Å². The lowest BCUT2D eigenvalue weighted by Gasteiger charge is -2.39. The zero-order valence-electron chi connectivity index (χ0n) is 13.3. The fraction of sp³-hybridized carbons (Fsp3) is 0.250. The highest BCUT2D eigenvalue weighted by Gasteiger charge is 2.40. The Morgan fingerprint density at radius 2 is 2.04 bits per heavy atom. The molecule has 2 aliphatic rings. The Morgan fingerprint density at radius 1 is 1.25 bits per heavy atom. The monoisotopic (exact) mass is 339 g/mol. The molecule has 0 saturated carbocycles. The Balaban J connectivity index is 1.88. The molecule has 1 heterocycles. The van der Waals surface area contributed by atoms with Crippen LogP contribution < -0.4 is 5.32 Å². The molecule has 0 bridgehead atoms. The van der Waals surface area contributed by atoms with Gasteiger partial charge >= 0.3 is 5.97 Å². The third kappa shape index (κ3) is 2.23. The van der Waals surface area contributed by atoms with Crippen LogP contribution in [0.1, 0.15) is 45.4 Å². The lowest BCUT2D eigenvalue weighted by atomic mass is 9.75. The van der Waals surface area contributed by atoms with E-state index in [4.69, 9.17) is 11.6 Å². The van der Waals surface area contributed by atoms with Crippen molar-refractivity contribution in [3.63, 3.8) is 0 Å². The number of carboxylic acids is 1. The fourth-order valence-corrected chi connectivity index (χ4v) is 4.36. The van der Waals surface area contributed by atoms with Gasteiger partial charge in [0.2, 0.25) is 0 Å². The van der Waals surface area contributed by atoms with Crippen LogP contribution in [0.3, 0.4) is 0 Å². The third-order valence-electron chi connectivity index (χ3n) is 5.20. The minimum Gasteiger partial charge on any atom is -0.478 e. The molecular weight excluding hydrogens is 322 g/mol. The van der Waals surface area contributed by atoms with Gasteiger partial charge in [-0.2, -0.15) is 0 Å². The fourth-order valence-electron chi connectivity index (χ4n) is 4.08. The molecule has 1 aliphatic heterocycles. The lowest BCUT2D eigenvalue weighted by molar-refractivity contribution is 0.0694. The molecule has 0 unspecified atom stereocenters. The van der Waals surface area contributed by atoms with E-state index in [1.54, 1.807) is 12.1 Å². The van der Waals surface area contributed by atoms with Gasteiger partial charge in [-0.05, 0) is 42.5 Å². The molecule has 0 spiro atoms. The molecule has 0 fully saturated rings. The van der Waals surface area contributed by atoms with Crippen molar-refractivity contribution in [2.75, 3.05) is 5.32 Å². The van der Waals surface area contributed by atoms with Gasteiger partial charge < -0.3 is 10.4 Å². The first-order valence-corrected chi connectivity index (χ1v) is 8.50. The third-order valence-corrected chi connectivity index (χ3v) is 5.53. The number of hydrogen-bond acceptors (Lipinski definition) is 2. The summed E-state index contributed by atoms with van der Waals surface area (Å²) in [5.74, 6) is -0.388. The molecular formula is C20H18ClNO2. The van der Waals surface area contributed by atoms with Crippen molar-refractivity contribution in [1.29, 1.82) is 0 Å². The summed E-state index contributed by atoms with van der Waals surface area (Å²) in [7, 11) is 0. The summed E-state index contributed by atoms with van der Waals surface area (Å²) in [4.78, 5) is 11.7. The molecule has 0 radical (unpaired) electrons. The van der Waals surface area contributed by atoms with Crippen molar-refractivity contribution >= 4 is 23.3 Å². The van der Waals surface area contributed by atoms with Crippen LogP contribution in [0.25, 0.3) is 0 Å². The molecule has 2 N–H and O–H groups in total. The van der Waals surface area contributed by atoms with E-state index in [0.717, 1.165) is 33.8 Å². The van der Waals surface area contributed by atoms with Crippen LogP contribution in [-0.2, 0) is 0 Å². The van der Waals surface area contributed by atoms with Crippen molar-refractivity contribution in [2.24, 2.45) is 5.92 Å². The van der Waals surface area contributed by atoms with Gasteiger partial charge in [-0.25, -0.2) is 4.79 Å². The van der Waals surface area contributed by atoms with Gasteiger partial charge in [0.25, 0.3) is 0 Å². The van der Waals surface area contributed by atoms with Gasteiger partial charge in [-0.15, -0.1) is 0 Å². The Labute approximate surface area is 146 Å². The average molecular weight is 340 g/mol. The smallest absolute Gasteiger partial charge is 0.336 e. The second-order valence-corrected chi connectivity index (χ2v) is 6.93. The number of benzene rings is 2. The van der Waals surface area contributed by atoms with Crippen molar-refractivity contribution in [3.8, 4) is 0 Å². The van der Waals surface area contributed by atoms with Crippen LogP contribution in [0.15, 0.2) is 48.6 Å². The van der Waals surface area contributed by atoms with E-state index in [-0.39, 0.29) is 17.9 Å². The average Bonchev–Trinajstić information content (AvgIpc) is 3.06. The summed E-state index contributed by atoms with van der Waals surface area (Å²) >= 11 is 6.49. The number of aromatic carboxylic acids is 1. The number of nitrogens with one attached hydrogen (secondary N) is 1. The maximum absolute atomic E-state index is 11.7. The number of carbonyl (C=O) groups is 1. The van der Waals surface area contributed by atoms with Crippen LogP contribution in [-0.4, -0.2) is 11.1 Å². The Bertz CT molecular complexity index is 859. The number of fused-ring (bicyclic) bond motifs is 3. The number of hydrogen-bond donors (Lipinski definition) is 2. The van der Waals surface area contributed by atoms with Gasteiger partial charge in [0.1, 0.15) is 0 Å². The van der Waals surface area contributed by atoms with E-state index in [9.17, 15) is 9.90 Å². The maximum atomic E-state index is 11.7. The summed E-state index contributed by atoms with van der Waals surface area (Å²) in [5, 5.41) is 13.9. The molecule has 0 amide bonds. The Morgan fingerprint density at radius 3 is 2.83 bits per heavy atom. The van der Waals surface area contributed by atoms with Gasteiger partial charge in [0, 0.05) is 22.2 Å². The van der Waals surface area contributed by atoms with E-state index < -0.39 is 5.97 Å². The number of aryl methyl sites for hydroxylation is 1. The van der Waals surface area contributed by atoms with Crippen molar-refractivity contribution in [1.82, 2.24) is 0 Å². The highest BCUT2D eigenvalue weighted by Crippen LogP contribution is 2.52. The van der Waals surface area contributed by atoms with Crippen LogP contribution in [0.4, 0.5) is 5.69 Å². The van der Waals surface area contributed by atoms with Gasteiger partial charge in [0.05, 0.1) is 11.6 Å². The second-order valence-electron chi connectivity index (χ2n) is 6.52. The number of rotatable bonds is 2. The molecule has 0 aromatic heterocycles. The Kier molecular flexibility index (Phi) is 3.61. The second kappa shape index (κ2) is 5.67. The molecule has 3 nitrogen and oxygen atoms in total. The molecule has 3 atom stereocenters. The highest BCUT2D eigenvalue weighted by molar-refractivity contribution is 6.32. The zero-order chi connectivity index (χ0) is 16.8. The molecule has 2 aromatic carbocycles. The number of anilines is 1. The number of carboxylic acid groups (broad SMARTS) is 1. The lowest BCUT2D eigenvalue weighted by Crippen LogP contribution is -2.31. The quantitative estimate of drug-likeness (QED) is 0.742. The summed E-state index contributed by atoms with van der Waals surface area (Å²) in [6.45, 7) is 2.06. The number of halogens is 1. The van der Waals surface area contributed by atoms with E-state index in [1.165, 1.54) is 0 Å². The molecule has 1 aliphatic carbocycles. The van der Waals surface area contributed by atoms with E-state index >= 15 is 0 Å². The zero-order valence-corrected chi connectivity index (χ0v) is 14.0. The molecule has 24 heavy (non-hydrogen) atoms. The van der Waals surface area contributed by atoms with Crippen LogP contribution in [0.5, 0.6) is 0 Å². The minimum absolute atomic E-state index is 0.0398. The largest absolute Gasteiger partial charge is 0.478 e. The molecule has 4 heteroatoms. The normalized spacial score (nSPS) is 24.2. The van der Waals surface area contributed by atoms with Gasteiger partial charge in [-0.1, -0.05) is 48.0 Å². The number of allylic oxidation sites excluding steroid dienone is 2. The standard InChI is InChI=1S/C20H18ClNO2/c1-11-9-10-16(21)17-12-7-4-8-13(12)19(22-18(11)17)14-5-2-3-6-15(14)20(23)24/h2-7,9-10,12-13,19,22H,8H2,1H3,(H,23,24)/t12-,13-,19-/m0/s1. The van der Waals surface area contributed by atoms with Crippen molar-refractivity contribution in [2.45, 2.75) is 25.3 Å². The highest BCUT2D eigenvalue weighted by atomic mass is 35.5. The maximum Gasteiger partial charge on any atom is 0.336 e. The van der Waals surface area contributed by atoms with E-state index in [0.29, 0.717) is 5.56 Å².